The Morgan fingerprint density at radius 1 is 1.21 bits per heavy atom. The summed E-state index contributed by atoms with van der Waals surface area (Å²) in [4.78, 5) is 8.27. The van der Waals surface area contributed by atoms with E-state index in [0.29, 0.717) is 11.8 Å². The maximum atomic E-state index is 5.51. The van der Waals surface area contributed by atoms with Gasteiger partial charge in [-0.25, -0.2) is 0 Å². The van der Waals surface area contributed by atoms with Gasteiger partial charge >= 0.3 is 0 Å². The Bertz CT molecular complexity index is 765. The van der Waals surface area contributed by atoms with E-state index >= 15 is 0 Å². The van der Waals surface area contributed by atoms with Gasteiger partial charge in [0, 0.05) is 43.2 Å². The number of likely N-dealkylation sites (tertiary alicyclic amines) is 1. The first-order valence-corrected chi connectivity index (χ1v) is 11.0. The normalized spacial score (nSPS) is 18.2. The maximum Gasteiger partial charge on any atom is 0.193 e. The molecule has 0 radical (unpaired) electrons. The number of thioether (sulfide) groups is 1. The van der Waals surface area contributed by atoms with Crippen molar-refractivity contribution in [1.29, 1.82) is 0 Å². The first kappa shape index (κ1) is 20.6. The maximum absolute atomic E-state index is 5.51. The van der Waals surface area contributed by atoms with Crippen LogP contribution in [0.2, 0.25) is 0 Å². The molecule has 1 aliphatic heterocycles. The summed E-state index contributed by atoms with van der Waals surface area (Å²) in [6.07, 6.45) is 1.22. The summed E-state index contributed by atoms with van der Waals surface area (Å²) in [6.45, 7) is 5.21. The molecule has 4 nitrogen and oxygen atoms in total. The lowest BCUT2D eigenvalue weighted by atomic mass is 10.0. The molecule has 1 N–H and O–H groups in total. The molecule has 150 valence electrons. The fourth-order valence-corrected chi connectivity index (χ4v) is 4.70. The van der Waals surface area contributed by atoms with Crippen LogP contribution in [-0.4, -0.2) is 50.4 Å². The van der Waals surface area contributed by atoms with E-state index in [9.17, 15) is 0 Å². The summed E-state index contributed by atoms with van der Waals surface area (Å²) in [6, 6.07) is 18.9. The second-order valence-electron chi connectivity index (χ2n) is 7.30. The number of nitrogens with one attached hydrogen (secondary N) is 1. The van der Waals surface area contributed by atoms with Gasteiger partial charge in [0.15, 0.2) is 5.96 Å². The smallest absolute Gasteiger partial charge is 0.193 e. The summed E-state index contributed by atoms with van der Waals surface area (Å²) in [5, 5.41) is 3.57. The van der Waals surface area contributed by atoms with E-state index in [1.165, 1.54) is 16.9 Å². The Hall–Kier alpha value is -2.14. The van der Waals surface area contributed by atoms with Crippen LogP contribution >= 0.6 is 11.8 Å². The molecule has 2 atom stereocenters. The first-order valence-electron chi connectivity index (χ1n) is 9.97. The molecule has 28 heavy (non-hydrogen) atoms. The Kier molecular flexibility index (Phi) is 7.66. The Morgan fingerprint density at radius 2 is 1.96 bits per heavy atom. The lowest BCUT2D eigenvalue weighted by Gasteiger charge is -2.24. The number of guanidine groups is 1. The highest BCUT2D eigenvalue weighted by Crippen LogP contribution is 2.27. The van der Waals surface area contributed by atoms with Gasteiger partial charge in [0.1, 0.15) is 5.75 Å². The van der Waals surface area contributed by atoms with E-state index in [0.717, 1.165) is 37.1 Å². The molecular weight excluding hydrogens is 366 g/mol. The third-order valence-electron chi connectivity index (χ3n) is 5.26. The van der Waals surface area contributed by atoms with Crippen LogP contribution in [0.5, 0.6) is 5.75 Å². The quantitative estimate of drug-likeness (QED) is 0.424. The molecule has 2 aromatic carbocycles. The van der Waals surface area contributed by atoms with E-state index < -0.39 is 0 Å². The van der Waals surface area contributed by atoms with Crippen molar-refractivity contribution in [2.45, 2.75) is 24.2 Å². The van der Waals surface area contributed by atoms with Crippen LogP contribution in [-0.2, 0) is 0 Å². The van der Waals surface area contributed by atoms with E-state index in [4.69, 9.17) is 4.74 Å². The molecule has 1 aliphatic rings. The molecule has 2 aromatic rings. The van der Waals surface area contributed by atoms with Gasteiger partial charge in [0.2, 0.25) is 0 Å². The van der Waals surface area contributed by atoms with Crippen molar-refractivity contribution in [3.8, 4) is 5.75 Å². The Balaban J connectivity index is 1.49. The number of benzene rings is 2. The number of hydrogen-bond donors (Lipinski definition) is 1. The SMILES string of the molecule is CN=C(NCC(C)c1ccccc1OC)N1CCC(CSc2ccccc2)C1. The second-order valence-corrected chi connectivity index (χ2v) is 8.39. The minimum Gasteiger partial charge on any atom is -0.496 e. The molecule has 0 bridgehead atoms. The molecule has 0 aromatic heterocycles. The fourth-order valence-electron chi connectivity index (χ4n) is 3.65. The van der Waals surface area contributed by atoms with Gasteiger partial charge in [-0.05, 0) is 36.1 Å². The number of ether oxygens (including phenoxy) is 1. The van der Waals surface area contributed by atoms with Gasteiger partial charge in [-0.1, -0.05) is 43.3 Å². The summed E-state index contributed by atoms with van der Waals surface area (Å²) in [5.41, 5.74) is 1.23. The van der Waals surface area contributed by atoms with Gasteiger partial charge in [-0.2, -0.15) is 0 Å². The highest BCUT2D eigenvalue weighted by atomic mass is 32.2. The zero-order valence-corrected chi connectivity index (χ0v) is 17.9. The molecule has 5 heteroatoms. The molecule has 0 amide bonds. The van der Waals surface area contributed by atoms with Gasteiger partial charge in [-0.15, -0.1) is 11.8 Å². The minimum atomic E-state index is 0.347. The summed E-state index contributed by atoms with van der Waals surface area (Å²) in [5.74, 6) is 4.17. The highest BCUT2D eigenvalue weighted by Gasteiger charge is 2.25. The number of para-hydroxylation sites is 1. The standard InChI is InChI=1S/C23H31N3OS/c1-18(21-11-7-8-12-22(21)27-3)15-25-23(24-2)26-14-13-19(16-26)17-28-20-9-5-4-6-10-20/h4-12,18-19H,13-17H2,1-3H3,(H,24,25). The molecule has 0 saturated carbocycles. The second kappa shape index (κ2) is 10.4. The van der Waals surface area contributed by atoms with Crippen LogP contribution in [0.25, 0.3) is 0 Å². The van der Waals surface area contributed by atoms with Crippen molar-refractivity contribution in [2.24, 2.45) is 10.9 Å². The van der Waals surface area contributed by atoms with Crippen molar-refractivity contribution in [1.82, 2.24) is 10.2 Å². The van der Waals surface area contributed by atoms with Crippen LogP contribution in [0.4, 0.5) is 0 Å². The predicted octanol–water partition coefficient (Wildman–Crippen LogP) is 4.49. The monoisotopic (exact) mass is 397 g/mol. The lowest BCUT2D eigenvalue weighted by Crippen LogP contribution is -2.41. The molecule has 0 aliphatic carbocycles. The summed E-state index contributed by atoms with van der Waals surface area (Å²) >= 11 is 1.96. The molecule has 2 unspecified atom stereocenters. The average molecular weight is 398 g/mol. The van der Waals surface area contributed by atoms with Gasteiger partial charge in [-0.3, -0.25) is 4.99 Å². The largest absolute Gasteiger partial charge is 0.496 e. The van der Waals surface area contributed by atoms with Crippen LogP contribution in [0.3, 0.4) is 0 Å². The van der Waals surface area contributed by atoms with E-state index in [1.54, 1.807) is 7.11 Å². The third kappa shape index (κ3) is 5.44. The zero-order chi connectivity index (χ0) is 19.8. The molecule has 0 spiro atoms. The van der Waals surface area contributed by atoms with Crippen LogP contribution < -0.4 is 10.1 Å². The molecule has 1 heterocycles. The summed E-state index contributed by atoms with van der Waals surface area (Å²) < 4.78 is 5.51. The molecule has 1 saturated heterocycles. The number of hydrogen-bond acceptors (Lipinski definition) is 3. The van der Waals surface area contributed by atoms with Crippen molar-refractivity contribution >= 4 is 17.7 Å². The number of methoxy groups -OCH3 is 1. The lowest BCUT2D eigenvalue weighted by molar-refractivity contribution is 0.405. The van der Waals surface area contributed by atoms with Gasteiger partial charge in [0.25, 0.3) is 0 Å². The van der Waals surface area contributed by atoms with Crippen molar-refractivity contribution in [2.75, 3.05) is 39.5 Å². The van der Waals surface area contributed by atoms with E-state index in [2.05, 4.69) is 64.6 Å². The van der Waals surface area contributed by atoms with Crippen LogP contribution in [0.1, 0.15) is 24.8 Å². The highest BCUT2D eigenvalue weighted by molar-refractivity contribution is 7.99. The van der Waals surface area contributed by atoms with E-state index in [1.807, 2.05) is 30.9 Å². The topological polar surface area (TPSA) is 36.9 Å². The van der Waals surface area contributed by atoms with Crippen molar-refractivity contribution in [3.05, 3.63) is 60.2 Å². The molecule has 3 rings (SSSR count). The third-order valence-corrected chi connectivity index (χ3v) is 6.51. The van der Waals surface area contributed by atoms with Crippen molar-refractivity contribution < 1.29 is 4.74 Å². The average Bonchev–Trinajstić information content (AvgIpc) is 3.22. The minimum absolute atomic E-state index is 0.347. The first-order chi connectivity index (χ1) is 13.7. The van der Waals surface area contributed by atoms with Gasteiger partial charge < -0.3 is 15.0 Å². The number of rotatable bonds is 7. The fraction of sp³-hybridized carbons (Fsp3) is 0.435. The van der Waals surface area contributed by atoms with E-state index in [-0.39, 0.29) is 0 Å². The summed E-state index contributed by atoms with van der Waals surface area (Å²) in [7, 11) is 3.61. The predicted molar refractivity (Wildman–Crippen MR) is 120 cm³/mol. The zero-order valence-electron chi connectivity index (χ0n) is 17.1. The van der Waals surface area contributed by atoms with Crippen LogP contribution in [0.15, 0.2) is 64.5 Å². The number of nitrogens with zero attached hydrogens (tertiary/aromatic N) is 2. The number of aliphatic imine (C=N–C) groups is 1. The Labute approximate surface area is 173 Å². The van der Waals surface area contributed by atoms with Crippen LogP contribution in [0, 0.1) is 5.92 Å². The Morgan fingerprint density at radius 3 is 2.71 bits per heavy atom. The molecular formula is C23H31N3OS. The van der Waals surface area contributed by atoms with Crippen molar-refractivity contribution in [3.63, 3.8) is 0 Å². The molecule has 1 fully saturated rings. The van der Waals surface area contributed by atoms with Gasteiger partial charge in [0.05, 0.1) is 7.11 Å².